The number of carbonyl (C=O) groups excluding carboxylic acids is 1. The highest BCUT2D eigenvalue weighted by Crippen LogP contribution is 2.51. The predicted octanol–water partition coefficient (Wildman–Crippen LogP) is 5.15. The molecule has 0 saturated heterocycles. The number of amides is 1. The molecule has 0 spiro atoms. The minimum atomic E-state index is -4.04. The van der Waals surface area contributed by atoms with Crippen LogP contribution in [-0.2, 0) is 9.84 Å². The Labute approximate surface area is 228 Å². The lowest BCUT2D eigenvalue weighted by molar-refractivity contribution is 0.0340. The van der Waals surface area contributed by atoms with Crippen molar-refractivity contribution in [2.75, 3.05) is 5.32 Å². The van der Waals surface area contributed by atoms with Gasteiger partial charge in [-0.15, -0.1) is 0 Å². The second kappa shape index (κ2) is 10.3. The third-order valence-corrected chi connectivity index (χ3v) is 10.1. The Balaban J connectivity index is 1.39. The van der Waals surface area contributed by atoms with Gasteiger partial charge in [0, 0.05) is 41.3 Å². The number of pyridine rings is 1. The molecule has 1 unspecified atom stereocenters. The summed E-state index contributed by atoms with van der Waals surface area (Å²) >= 11 is 6.28. The minimum absolute atomic E-state index is 0.0804. The fourth-order valence-electron chi connectivity index (χ4n) is 5.60. The zero-order valence-electron chi connectivity index (χ0n) is 20.3. The van der Waals surface area contributed by atoms with Crippen LogP contribution in [0.2, 0.25) is 5.02 Å². The van der Waals surface area contributed by atoms with Crippen LogP contribution in [0.5, 0.6) is 0 Å². The van der Waals surface area contributed by atoms with E-state index in [0.717, 1.165) is 6.07 Å². The molecular weight excluding hydrogens is 553 g/mol. The molecule has 2 aliphatic rings. The summed E-state index contributed by atoms with van der Waals surface area (Å²) in [6.07, 6.45) is 4.71. The molecule has 3 aromatic rings. The quantitative estimate of drug-likeness (QED) is 0.332. The molecule has 5 rings (SSSR count). The number of rotatable bonds is 4. The molecule has 4 atom stereocenters. The molecule has 2 N–H and O–H groups in total. The Morgan fingerprint density at radius 2 is 1.64 bits per heavy atom. The van der Waals surface area contributed by atoms with E-state index < -0.39 is 44.0 Å². The number of carbonyl (C=O) groups is 1. The molecule has 2 aromatic carbocycles. The molecule has 0 aliphatic heterocycles. The van der Waals surface area contributed by atoms with Crippen LogP contribution in [0.25, 0.3) is 0 Å². The number of hydrogen-bond donors (Lipinski definition) is 2. The molecule has 1 heterocycles. The molecule has 2 aliphatic carbocycles. The van der Waals surface area contributed by atoms with Gasteiger partial charge in [0.15, 0.2) is 27.3 Å². The third kappa shape index (κ3) is 5.39. The summed E-state index contributed by atoms with van der Waals surface area (Å²) in [5.74, 6) is -0.376. The zero-order chi connectivity index (χ0) is 27.9. The van der Waals surface area contributed by atoms with E-state index in [0.29, 0.717) is 30.5 Å². The summed E-state index contributed by atoms with van der Waals surface area (Å²) in [6.45, 7) is 0. The number of benzene rings is 2. The first-order valence-corrected chi connectivity index (χ1v) is 14.0. The van der Waals surface area contributed by atoms with Crippen LogP contribution < -0.4 is 5.32 Å². The first-order valence-electron chi connectivity index (χ1n) is 12.1. The number of hydrogen-bond acceptors (Lipinski definition) is 5. The first-order chi connectivity index (χ1) is 18.5. The normalized spacial score (nSPS) is 24.1. The third-order valence-electron chi connectivity index (χ3n) is 7.26. The van der Waals surface area contributed by atoms with Crippen LogP contribution in [0.4, 0.5) is 18.9 Å². The largest absolute Gasteiger partial charge is 0.378 e. The molecular formula is C28H22ClF3N2O4S. The van der Waals surface area contributed by atoms with Gasteiger partial charge >= 0.3 is 0 Å². The SMILES string of the molecule is O=C(Nc1cc(F)c(F)c(F)c1)c1ccc(Cl)c(S(=O)(=O)[C@H]2C3CC[C@H]2C[C@](O)(C#Cc2ccncc2)C3)c1. The van der Waals surface area contributed by atoms with Crippen molar-refractivity contribution >= 4 is 33.0 Å². The van der Waals surface area contributed by atoms with E-state index in [4.69, 9.17) is 11.6 Å². The molecule has 6 nitrogen and oxygen atoms in total. The summed E-state index contributed by atoms with van der Waals surface area (Å²) in [6, 6.07) is 8.31. The minimum Gasteiger partial charge on any atom is -0.378 e. The van der Waals surface area contributed by atoms with Gasteiger partial charge in [-0.1, -0.05) is 23.4 Å². The average molecular weight is 575 g/mol. The van der Waals surface area contributed by atoms with Gasteiger partial charge in [-0.2, -0.15) is 0 Å². The lowest BCUT2D eigenvalue weighted by Gasteiger charge is -2.38. The monoisotopic (exact) mass is 574 g/mol. The van der Waals surface area contributed by atoms with Crippen molar-refractivity contribution in [2.45, 2.75) is 41.4 Å². The molecule has 1 amide bonds. The molecule has 2 bridgehead atoms. The fourth-order valence-corrected chi connectivity index (χ4v) is 8.44. The Morgan fingerprint density at radius 1 is 1.03 bits per heavy atom. The summed E-state index contributed by atoms with van der Waals surface area (Å²) < 4.78 is 68.0. The number of fused-ring (bicyclic) bond motifs is 2. The average Bonchev–Trinajstić information content (AvgIpc) is 3.20. The zero-order valence-corrected chi connectivity index (χ0v) is 21.9. The van der Waals surface area contributed by atoms with Gasteiger partial charge in [0.05, 0.1) is 15.2 Å². The van der Waals surface area contributed by atoms with Crippen molar-refractivity contribution in [1.82, 2.24) is 4.98 Å². The topological polar surface area (TPSA) is 96.4 Å². The van der Waals surface area contributed by atoms with E-state index in [-0.39, 0.29) is 45.8 Å². The summed E-state index contributed by atoms with van der Waals surface area (Å²) in [7, 11) is -4.04. The molecule has 2 fully saturated rings. The maximum atomic E-state index is 13.8. The van der Waals surface area contributed by atoms with Gasteiger partial charge in [-0.3, -0.25) is 9.78 Å². The van der Waals surface area contributed by atoms with Crippen molar-refractivity contribution in [3.8, 4) is 11.8 Å². The Kier molecular flexibility index (Phi) is 7.18. The maximum absolute atomic E-state index is 13.8. The predicted molar refractivity (Wildman–Crippen MR) is 138 cm³/mol. The van der Waals surface area contributed by atoms with E-state index in [9.17, 15) is 31.5 Å². The highest BCUT2D eigenvalue weighted by atomic mass is 35.5. The smallest absolute Gasteiger partial charge is 0.255 e. The van der Waals surface area contributed by atoms with E-state index >= 15 is 0 Å². The van der Waals surface area contributed by atoms with E-state index in [1.807, 2.05) is 0 Å². The standard InChI is InChI=1S/C28H22ClF3N2O4S/c29-21-4-3-17(27(35)34-20-12-22(30)25(32)23(31)13-20)11-24(21)39(37,38)26-18-1-2-19(26)15-28(36,14-18)8-5-16-6-9-33-10-7-16/h3-4,6-7,9-13,18-19,26,36H,1-2,14-15H2,(H,34,35)/t18-,19?,26+,28+/m0/s1. The molecule has 0 radical (unpaired) electrons. The molecule has 39 heavy (non-hydrogen) atoms. The van der Waals surface area contributed by atoms with Crippen LogP contribution in [0, 0.1) is 41.1 Å². The van der Waals surface area contributed by atoms with Gasteiger partial charge in [0.25, 0.3) is 5.91 Å². The van der Waals surface area contributed by atoms with Crippen LogP contribution in [0.3, 0.4) is 0 Å². The van der Waals surface area contributed by atoms with Crippen molar-refractivity contribution in [2.24, 2.45) is 11.8 Å². The second-order valence-electron chi connectivity index (χ2n) is 9.89. The number of aromatic nitrogens is 1. The summed E-state index contributed by atoms with van der Waals surface area (Å²) in [4.78, 5) is 16.5. The van der Waals surface area contributed by atoms with E-state index in [2.05, 4.69) is 22.1 Å². The number of sulfone groups is 1. The summed E-state index contributed by atoms with van der Waals surface area (Å²) in [5.41, 5.74) is -1.11. The molecule has 11 heteroatoms. The molecule has 2 saturated carbocycles. The van der Waals surface area contributed by atoms with Gasteiger partial charge in [0.1, 0.15) is 5.60 Å². The lowest BCUT2D eigenvalue weighted by Crippen LogP contribution is -2.45. The fraction of sp³-hybridized carbons (Fsp3) is 0.286. The van der Waals surface area contributed by atoms with Crippen LogP contribution in [-0.4, -0.2) is 35.3 Å². The van der Waals surface area contributed by atoms with Gasteiger partial charge in [0.2, 0.25) is 0 Å². The Bertz CT molecular complexity index is 1590. The Hall–Kier alpha value is -3.39. The maximum Gasteiger partial charge on any atom is 0.255 e. The van der Waals surface area contributed by atoms with Gasteiger partial charge < -0.3 is 10.4 Å². The lowest BCUT2D eigenvalue weighted by atomic mass is 9.77. The van der Waals surface area contributed by atoms with Crippen molar-refractivity contribution in [3.63, 3.8) is 0 Å². The van der Waals surface area contributed by atoms with Gasteiger partial charge in [-0.05, 0) is 67.9 Å². The van der Waals surface area contributed by atoms with Crippen molar-refractivity contribution in [3.05, 3.63) is 88.5 Å². The van der Waals surface area contributed by atoms with Crippen molar-refractivity contribution < 1.29 is 31.5 Å². The Morgan fingerprint density at radius 3 is 2.26 bits per heavy atom. The molecule has 1 aromatic heterocycles. The van der Waals surface area contributed by atoms with Crippen molar-refractivity contribution in [1.29, 1.82) is 0 Å². The van der Waals surface area contributed by atoms with E-state index in [1.165, 1.54) is 12.1 Å². The number of aliphatic hydroxyl groups is 1. The number of nitrogens with one attached hydrogen (secondary N) is 1. The van der Waals surface area contributed by atoms with Crippen LogP contribution >= 0.6 is 11.6 Å². The number of nitrogens with zero attached hydrogens (tertiary/aromatic N) is 1. The van der Waals surface area contributed by atoms with E-state index in [1.54, 1.807) is 24.5 Å². The number of halogens is 4. The van der Waals surface area contributed by atoms with Gasteiger partial charge in [-0.25, -0.2) is 21.6 Å². The molecule has 202 valence electrons. The van der Waals surface area contributed by atoms with Crippen LogP contribution in [0.15, 0.2) is 59.8 Å². The number of anilines is 1. The first kappa shape index (κ1) is 27.2. The van der Waals surface area contributed by atoms with Crippen LogP contribution in [0.1, 0.15) is 41.6 Å². The highest BCUT2D eigenvalue weighted by molar-refractivity contribution is 7.92. The second-order valence-corrected chi connectivity index (χ2v) is 12.4. The summed E-state index contributed by atoms with van der Waals surface area (Å²) in [5, 5.41) is 12.5. The highest BCUT2D eigenvalue weighted by Gasteiger charge is 2.54.